The average molecular weight is 333 g/mol. The second-order valence-electron chi connectivity index (χ2n) is 7.20. The molecule has 1 aliphatic heterocycles. The van der Waals surface area contributed by atoms with Crippen molar-refractivity contribution in [3.8, 4) is 0 Å². The summed E-state index contributed by atoms with van der Waals surface area (Å²) in [6, 6.07) is 6.90. The van der Waals surface area contributed by atoms with Crippen LogP contribution in [0.25, 0.3) is 0 Å². The number of nitrogens with two attached hydrogens (primary N) is 1. The molecule has 2 aliphatic rings. The Labute approximate surface area is 143 Å². The minimum atomic E-state index is -0.198. The minimum absolute atomic E-state index is 0.198. The van der Waals surface area contributed by atoms with Crippen LogP contribution in [-0.4, -0.2) is 47.9 Å². The summed E-state index contributed by atoms with van der Waals surface area (Å²) in [6.45, 7) is 4.28. The van der Waals surface area contributed by atoms with Gasteiger partial charge in [-0.3, -0.25) is 9.69 Å². The first-order chi connectivity index (χ1) is 11.6. The highest BCUT2D eigenvalue weighted by Crippen LogP contribution is 2.27. The number of nitrogens with zero attached hydrogens (tertiary/aromatic N) is 2. The molecule has 0 aromatic heterocycles. The fourth-order valence-corrected chi connectivity index (χ4v) is 3.90. The van der Waals surface area contributed by atoms with Crippen molar-refractivity contribution in [2.24, 2.45) is 11.7 Å². The van der Waals surface area contributed by atoms with Crippen LogP contribution in [0, 0.1) is 11.7 Å². The van der Waals surface area contributed by atoms with E-state index in [-0.39, 0.29) is 17.8 Å². The Morgan fingerprint density at radius 2 is 1.88 bits per heavy atom. The van der Waals surface area contributed by atoms with Gasteiger partial charge in [-0.2, -0.15) is 0 Å². The predicted octanol–water partition coefficient (Wildman–Crippen LogP) is 2.38. The molecule has 1 aromatic carbocycles. The van der Waals surface area contributed by atoms with Crippen LogP contribution < -0.4 is 5.73 Å². The molecule has 3 rings (SSSR count). The van der Waals surface area contributed by atoms with Crippen LogP contribution in [0.5, 0.6) is 0 Å². The molecule has 4 nitrogen and oxygen atoms in total. The number of hydrogen-bond donors (Lipinski definition) is 1. The van der Waals surface area contributed by atoms with Gasteiger partial charge < -0.3 is 10.6 Å². The van der Waals surface area contributed by atoms with Gasteiger partial charge in [-0.1, -0.05) is 18.6 Å². The molecule has 1 saturated heterocycles. The smallest absolute Gasteiger partial charge is 0.222 e. The van der Waals surface area contributed by atoms with Gasteiger partial charge in [-0.15, -0.1) is 0 Å². The standard InChI is InChI=1S/C19H28FN3O/c20-17-7-5-15(6-8-17)14-22-9-2-10-23(12-11-22)19(24)13-16-3-1-4-18(16)21/h5-8,16,18H,1-4,9-14,21H2/t16-,18+/m0/s1. The van der Waals surface area contributed by atoms with Crippen molar-refractivity contribution >= 4 is 5.91 Å². The summed E-state index contributed by atoms with van der Waals surface area (Å²) in [5.74, 6) is 0.438. The fourth-order valence-electron chi connectivity index (χ4n) is 3.90. The van der Waals surface area contributed by atoms with Gasteiger partial charge in [-0.25, -0.2) is 4.39 Å². The molecular formula is C19H28FN3O. The fraction of sp³-hybridized carbons (Fsp3) is 0.632. The van der Waals surface area contributed by atoms with Crippen LogP contribution in [-0.2, 0) is 11.3 Å². The lowest BCUT2D eigenvalue weighted by Gasteiger charge is -2.24. The maximum absolute atomic E-state index is 13.0. The molecule has 1 saturated carbocycles. The number of amides is 1. The zero-order valence-corrected chi connectivity index (χ0v) is 14.3. The largest absolute Gasteiger partial charge is 0.341 e. The van der Waals surface area contributed by atoms with E-state index in [4.69, 9.17) is 5.73 Å². The maximum Gasteiger partial charge on any atom is 0.222 e. The molecule has 2 N–H and O–H groups in total. The molecule has 1 aromatic rings. The number of benzene rings is 1. The molecule has 2 atom stereocenters. The highest BCUT2D eigenvalue weighted by Gasteiger charge is 2.28. The highest BCUT2D eigenvalue weighted by atomic mass is 19.1. The second-order valence-corrected chi connectivity index (χ2v) is 7.20. The van der Waals surface area contributed by atoms with E-state index in [0.29, 0.717) is 12.3 Å². The van der Waals surface area contributed by atoms with E-state index in [2.05, 4.69) is 4.90 Å². The Hall–Kier alpha value is -1.46. The Kier molecular flexibility index (Phi) is 5.85. The lowest BCUT2D eigenvalue weighted by atomic mass is 9.99. The van der Waals surface area contributed by atoms with Crippen molar-refractivity contribution in [1.29, 1.82) is 0 Å². The van der Waals surface area contributed by atoms with E-state index in [1.165, 1.54) is 12.1 Å². The summed E-state index contributed by atoms with van der Waals surface area (Å²) in [5, 5.41) is 0. The number of carbonyl (C=O) groups excluding carboxylic acids is 1. The van der Waals surface area contributed by atoms with Crippen LogP contribution in [0.15, 0.2) is 24.3 Å². The Morgan fingerprint density at radius 3 is 2.58 bits per heavy atom. The van der Waals surface area contributed by atoms with E-state index >= 15 is 0 Å². The number of rotatable bonds is 4. The predicted molar refractivity (Wildman–Crippen MR) is 92.8 cm³/mol. The maximum atomic E-state index is 13.0. The van der Waals surface area contributed by atoms with Gasteiger partial charge in [0.15, 0.2) is 0 Å². The number of halogens is 1. The summed E-state index contributed by atoms with van der Waals surface area (Å²) in [5.41, 5.74) is 7.22. The van der Waals surface area contributed by atoms with E-state index in [1.54, 1.807) is 0 Å². The van der Waals surface area contributed by atoms with Crippen LogP contribution in [0.2, 0.25) is 0 Å². The van der Waals surface area contributed by atoms with Crippen LogP contribution in [0.4, 0.5) is 4.39 Å². The van der Waals surface area contributed by atoms with E-state index in [9.17, 15) is 9.18 Å². The average Bonchev–Trinajstić information content (AvgIpc) is 2.83. The minimum Gasteiger partial charge on any atom is -0.341 e. The Balaban J connectivity index is 1.49. The summed E-state index contributed by atoms with van der Waals surface area (Å²) in [7, 11) is 0. The van der Waals surface area contributed by atoms with Crippen molar-refractivity contribution in [3.05, 3.63) is 35.6 Å². The lowest BCUT2D eigenvalue weighted by Crippen LogP contribution is -2.37. The van der Waals surface area contributed by atoms with Crippen molar-refractivity contribution in [2.45, 2.75) is 44.7 Å². The molecule has 0 unspecified atom stereocenters. The SMILES string of the molecule is N[C@@H]1CCC[C@H]1CC(=O)N1CCCN(Cc2ccc(F)cc2)CC1. The second kappa shape index (κ2) is 8.08. The summed E-state index contributed by atoms with van der Waals surface area (Å²) < 4.78 is 13.0. The van der Waals surface area contributed by atoms with Gasteiger partial charge in [-0.05, 0) is 42.9 Å². The highest BCUT2D eigenvalue weighted by molar-refractivity contribution is 5.76. The molecule has 1 heterocycles. The molecule has 1 amide bonds. The summed E-state index contributed by atoms with van der Waals surface area (Å²) in [6.07, 6.45) is 4.91. The van der Waals surface area contributed by atoms with Gasteiger partial charge >= 0.3 is 0 Å². The van der Waals surface area contributed by atoms with Crippen molar-refractivity contribution in [3.63, 3.8) is 0 Å². The molecule has 1 aliphatic carbocycles. The summed E-state index contributed by atoms with van der Waals surface area (Å²) in [4.78, 5) is 16.9. The lowest BCUT2D eigenvalue weighted by molar-refractivity contribution is -0.132. The van der Waals surface area contributed by atoms with Gasteiger partial charge in [0.25, 0.3) is 0 Å². The zero-order valence-electron chi connectivity index (χ0n) is 14.3. The van der Waals surface area contributed by atoms with Crippen LogP contribution >= 0.6 is 0 Å². The van der Waals surface area contributed by atoms with Crippen molar-refractivity contribution < 1.29 is 9.18 Å². The third-order valence-corrected chi connectivity index (χ3v) is 5.42. The number of carbonyl (C=O) groups is 1. The molecule has 0 spiro atoms. The van der Waals surface area contributed by atoms with Crippen molar-refractivity contribution in [2.75, 3.05) is 26.2 Å². The topological polar surface area (TPSA) is 49.6 Å². The first-order valence-electron chi connectivity index (χ1n) is 9.12. The van der Waals surface area contributed by atoms with Crippen LogP contribution in [0.1, 0.15) is 37.7 Å². The molecule has 132 valence electrons. The van der Waals surface area contributed by atoms with Gasteiger partial charge in [0.2, 0.25) is 5.91 Å². The molecule has 2 fully saturated rings. The van der Waals surface area contributed by atoms with Gasteiger partial charge in [0.05, 0.1) is 0 Å². The van der Waals surface area contributed by atoms with E-state index in [1.807, 2.05) is 17.0 Å². The van der Waals surface area contributed by atoms with E-state index in [0.717, 1.165) is 64.0 Å². The monoisotopic (exact) mass is 333 g/mol. The van der Waals surface area contributed by atoms with E-state index < -0.39 is 0 Å². The molecule has 0 bridgehead atoms. The quantitative estimate of drug-likeness (QED) is 0.920. The first-order valence-corrected chi connectivity index (χ1v) is 9.12. The normalized spacial score (nSPS) is 25.7. The zero-order chi connectivity index (χ0) is 16.9. The molecule has 5 heteroatoms. The molecular weight excluding hydrogens is 305 g/mol. The third kappa shape index (κ3) is 4.54. The Morgan fingerprint density at radius 1 is 1.08 bits per heavy atom. The number of hydrogen-bond acceptors (Lipinski definition) is 3. The molecule has 24 heavy (non-hydrogen) atoms. The van der Waals surface area contributed by atoms with Crippen LogP contribution in [0.3, 0.4) is 0 Å². The Bertz CT molecular complexity index is 548. The first kappa shape index (κ1) is 17.4. The van der Waals surface area contributed by atoms with Gasteiger partial charge in [0, 0.05) is 45.2 Å². The third-order valence-electron chi connectivity index (χ3n) is 5.42. The summed E-state index contributed by atoms with van der Waals surface area (Å²) >= 11 is 0. The van der Waals surface area contributed by atoms with Crippen molar-refractivity contribution in [1.82, 2.24) is 9.80 Å². The van der Waals surface area contributed by atoms with Gasteiger partial charge in [0.1, 0.15) is 5.82 Å². The molecule has 0 radical (unpaired) electrons.